The van der Waals surface area contributed by atoms with Crippen molar-refractivity contribution in [1.29, 1.82) is 0 Å². The SMILES string of the molecule is O=C(NNC(=O)c1ccc(Br)cc1Cl)C(=O)NC1CC1. The van der Waals surface area contributed by atoms with Crippen LogP contribution in [0.5, 0.6) is 0 Å². The highest BCUT2D eigenvalue weighted by molar-refractivity contribution is 9.10. The molecule has 3 amide bonds. The minimum Gasteiger partial charge on any atom is -0.345 e. The summed E-state index contributed by atoms with van der Waals surface area (Å²) in [5.74, 6) is -2.29. The van der Waals surface area contributed by atoms with Crippen molar-refractivity contribution in [2.75, 3.05) is 0 Å². The molecule has 0 aliphatic heterocycles. The Hall–Kier alpha value is -1.60. The lowest BCUT2D eigenvalue weighted by Crippen LogP contribution is -2.49. The number of rotatable bonds is 2. The summed E-state index contributed by atoms with van der Waals surface area (Å²) in [5, 5.41) is 2.73. The van der Waals surface area contributed by atoms with Crippen molar-refractivity contribution < 1.29 is 14.4 Å². The Bertz CT molecular complexity index is 575. The van der Waals surface area contributed by atoms with Crippen LogP contribution < -0.4 is 16.2 Å². The van der Waals surface area contributed by atoms with Gasteiger partial charge in [-0.25, -0.2) is 0 Å². The molecular weight excluding hydrogens is 350 g/mol. The Labute approximate surface area is 128 Å². The van der Waals surface area contributed by atoms with E-state index in [1.807, 2.05) is 5.43 Å². The number of hydrogen-bond donors (Lipinski definition) is 3. The lowest BCUT2D eigenvalue weighted by Gasteiger charge is -2.08. The molecule has 1 aromatic rings. The first-order valence-corrected chi connectivity index (χ1v) is 7.00. The van der Waals surface area contributed by atoms with E-state index < -0.39 is 17.7 Å². The fourth-order valence-corrected chi connectivity index (χ4v) is 2.15. The van der Waals surface area contributed by atoms with Gasteiger partial charge in [0.05, 0.1) is 10.6 Å². The van der Waals surface area contributed by atoms with E-state index in [0.717, 1.165) is 17.3 Å². The van der Waals surface area contributed by atoms with Gasteiger partial charge in [0.2, 0.25) is 0 Å². The molecule has 0 bridgehead atoms. The standard InChI is InChI=1S/C12H11BrClN3O3/c13-6-1-4-8(9(14)5-6)10(18)16-17-12(20)11(19)15-7-2-3-7/h1,4-5,7H,2-3H2,(H,15,19)(H,16,18)(H,17,20). The summed E-state index contributed by atoms with van der Waals surface area (Å²) in [6.07, 6.45) is 1.75. The van der Waals surface area contributed by atoms with Crippen molar-refractivity contribution in [1.82, 2.24) is 16.2 Å². The van der Waals surface area contributed by atoms with Crippen molar-refractivity contribution >= 4 is 45.3 Å². The van der Waals surface area contributed by atoms with Crippen LogP contribution in [-0.2, 0) is 9.59 Å². The largest absolute Gasteiger partial charge is 0.345 e. The van der Waals surface area contributed by atoms with Gasteiger partial charge < -0.3 is 5.32 Å². The van der Waals surface area contributed by atoms with E-state index in [1.54, 1.807) is 12.1 Å². The molecule has 1 aliphatic rings. The lowest BCUT2D eigenvalue weighted by atomic mass is 10.2. The van der Waals surface area contributed by atoms with Crippen LogP contribution in [0.4, 0.5) is 0 Å². The quantitative estimate of drug-likeness (QED) is 0.546. The van der Waals surface area contributed by atoms with Crippen LogP contribution in [0.3, 0.4) is 0 Å². The van der Waals surface area contributed by atoms with Crippen molar-refractivity contribution in [2.24, 2.45) is 0 Å². The van der Waals surface area contributed by atoms with Crippen LogP contribution in [0.2, 0.25) is 5.02 Å². The molecule has 0 heterocycles. The molecule has 0 atom stereocenters. The second-order valence-corrected chi connectivity index (χ2v) is 5.60. The lowest BCUT2D eigenvalue weighted by molar-refractivity contribution is -0.139. The first-order chi connectivity index (χ1) is 9.47. The van der Waals surface area contributed by atoms with Gasteiger partial charge >= 0.3 is 11.8 Å². The minimum absolute atomic E-state index is 0.0740. The van der Waals surface area contributed by atoms with Crippen LogP contribution >= 0.6 is 27.5 Å². The van der Waals surface area contributed by atoms with Gasteiger partial charge in [0.25, 0.3) is 5.91 Å². The van der Waals surface area contributed by atoms with Crippen molar-refractivity contribution in [2.45, 2.75) is 18.9 Å². The zero-order valence-corrected chi connectivity index (χ0v) is 12.5. The van der Waals surface area contributed by atoms with Crippen LogP contribution in [0, 0.1) is 0 Å². The number of benzene rings is 1. The Morgan fingerprint density at radius 1 is 1.15 bits per heavy atom. The third kappa shape index (κ3) is 3.94. The Kier molecular flexibility index (Phi) is 4.61. The van der Waals surface area contributed by atoms with E-state index in [1.165, 1.54) is 6.07 Å². The summed E-state index contributed by atoms with van der Waals surface area (Å²) in [7, 11) is 0. The molecule has 1 fully saturated rings. The minimum atomic E-state index is -0.918. The van der Waals surface area contributed by atoms with E-state index in [-0.39, 0.29) is 16.6 Å². The number of nitrogens with one attached hydrogen (secondary N) is 3. The molecule has 2 rings (SSSR count). The summed E-state index contributed by atoms with van der Waals surface area (Å²) < 4.78 is 0.729. The highest BCUT2D eigenvalue weighted by Gasteiger charge is 2.26. The molecule has 0 radical (unpaired) electrons. The molecule has 1 aromatic carbocycles. The van der Waals surface area contributed by atoms with E-state index in [0.29, 0.717) is 0 Å². The zero-order chi connectivity index (χ0) is 14.7. The normalized spacial score (nSPS) is 13.5. The van der Waals surface area contributed by atoms with Crippen molar-refractivity contribution in [3.63, 3.8) is 0 Å². The highest BCUT2D eigenvalue weighted by atomic mass is 79.9. The average Bonchev–Trinajstić information content (AvgIpc) is 3.19. The van der Waals surface area contributed by atoms with E-state index in [2.05, 4.69) is 26.7 Å². The highest BCUT2D eigenvalue weighted by Crippen LogP contribution is 2.21. The molecule has 20 heavy (non-hydrogen) atoms. The fourth-order valence-electron chi connectivity index (χ4n) is 1.39. The Morgan fingerprint density at radius 3 is 2.45 bits per heavy atom. The molecule has 106 valence electrons. The second kappa shape index (κ2) is 6.23. The molecule has 1 aliphatic carbocycles. The van der Waals surface area contributed by atoms with Gasteiger partial charge in [0.1, 0.15) is 0 Å². The number of halogens is 2. The third-order valence-corrected chi connectivity index (χ3v) is 3.39. The van der Waals surface area contributed by atoms with Gasteiger partial charge in [-0.3, -0.25) is 25.2 Å². The predicted octanol–water partition coefficient (Wildman–Crippen LogP) is 1.14. The number of hydrogen-bond acceptors (Lipinski definition) is 3. The van der Waals surface area contributed by atoms with Crippen molar-refractivity contribution in [3.05, 3.63) is 33.3 Å². The maximum atomic E-state index is 11.8. The van der Waals surface area contributed by atoms with E-state index in [9.17, 15) is 14.4 Å². The third-order valence-electron chi connectivity index (χ3n) is 2.58. The zero-order valence-electron chi connectivity index (χ0n) is 10.2. The van der Waals surface area contributed by atoms with Gasteiger partial charge in [-0.1, -0.05) is 27.5 Å². The number of hydrazine groups is 1. The summed E-state index contributed by atoms with van der Waals surface area (Å²) in [5.41, 5.74) is 4.36. The molecule has 8 heteroatoms. The van der Waals surface area contributed by atoms with Crippen molar-refractivity contribution in [3.8, 4) is 0 Å². The fraction of sp³-hybridized carbons (Fsp3) is 0.250. The summed E-state index contributed by atoms with van der Waals surface area (Å²) in [6, 6.07) is 4.77. The summed E-state index contributed by atoms with van der Waals surface area (Å²) >= 11 is 9.11. The predicted molar refractivity (Wildman–Crippen MR) is 75.9 cm³/mol. The van der Waals surface area contributed by atoms with Gasteiger partial charge in [-0.05, 0) is 31.0 Å². The number of carbonyl (C=O) groups excluding carboxylic acids is 3. The van der Waals surface area contributed by atoms with Crippen LogP contribution in [0.15, 0.2) is 22.7 Å². The molecule has 1 saturated carbocycles. The topological polar surface area (TPSA) is 87.3 Å². The number of amides is 3. The second-order valence-electron chi connectivity index (χ2n) is 4.28. The smallest absolute Gasteiger partial charge is 0.327 e. The van der Waals surface area contributed by atoms with Gasteiger partial charge in [-0.15, -0.1) is 0 Å². The summed E-state index contributed by atoms with van der Waals surface area (Å²) in [4.78, 5) is 34.5. The molecule has 3 N–H and O–H groups in total. The summed E-state index contributed by atoms with van der Waals surface area (Å²) in [6.45, 7) is 0. The molecule has 0 saturated heterocycles. The number of carbonyl (C=O) groups is 3. The average molecular weight is 361 g/mol. The molecule has 0 aromatic heterocycles. The monoisotopic (exact) mass is 359 g/mol. The Morgan fingerprint density at radius 2 is 1.85 bits per heavy atom. The van der Waals surface area contributed by atoms with E-state index >= 15 is 0 Å². The molecule has 0 spiro atoms. The maximum absolute atomic E-state index is 11.8. The van der Waals surface area contributed by atoms with E-state index in [4.69, 9.17) is 11.6 Å². The maximum Gasteiger partial charge on any atom is 0.327 e. The van der Waals surface area contributed by atoms with Gasteiger partial charge in [-0.2, -0.15) is 0 Å². The van der Waals surface area contributed by atoms with Crippen LogP contribution in [0.25, 0.3) is 0 Å². The molecular formula is C12H11BrClN3O3. The van der Waals surface area contributed by atoms with Gasteiger partial charge in [0.15, 0.2) is 0 Å². The first kappa shape index (κ1) is 14.8. The first-order valence-electron chi connectivity index (χ1n) is 5.83. The van der Waals surface area contributed by atoms with Crippen LogP contribution in [-0.4, -0.2) is 23.8 Å². The molecule has 6 nitrogen and oxygen atoms in total. The molecule has 0 unspecified atom stereocenters. The van der Waals surface area contributed by atoms with Crippen LogP contribution in [0.1, 0.15) is 23.2 Å². The Balaban J connectivity index is 1.87. The van der Waals surface area contributed by atoms with Gasteiger partial charge in [0, 0.05) is 10.5 Å².